The van der Waals surface area contributed by atoms with E-state index in [-0.39, 0.29) is 48.5 Å². The van der Waals surface area contributed by atoms with E-state index < -0.39 is 15.8 Å². The first kappa shape index (κ1) is 22.0. The van der Waals surface area contributed by atoms with E-state index in [4.69, 9.17) is 4.52 Å². The maximum atomic E-state index is 12.1. The first-order valence-electron chi connectivity index (χ1n) is 9.20. The minimum absolute atomic E-state index is 0.0234. The number of nitro groups is 2. The zero-order chi connectivity index (χ0) is 23.1. The quantitative estimate of drug-likeness (QED) is 0.283. The predicted molar refractivity (Wildman–Crippen MR) is 109 cm³/mol. The molecule has 13 heteroatoms. The number of carbonyl (C=O) groups excluding carboxylic acids is 2. The second kappa shape index (κ2) is 9.88. The van der Waals surface area contributed by atoms with Gasteiger partial charge in [0, 0.05) is 42.9 Å². The van der Waals surface area contributed by atoms with Crippen LogP contribution in [0.4, 0.5) is 11.4 Å². The Morgan fingerprint density at radius 3 is 2.31 bits per heavy atom. The molecular weight excluding hydrogens is 424 g/mol. The summed E-state index contributed by atoms with van der Waals surface area (Å²) in [5.41, 5.74) is 0.714. The fourth-order valence-electron chi connectivity index (χ4n) is 2.63. The molecule has 0 bridgehead atoms. The summed E-state index contributed by atoms with van der Waals surface area (Å²) in [7, 11) is 0. The van der Waals surface area contributed by atoms with Gasteiger partial charge in [0.1, 0.15) is 0 Å². The molecule has 0 spiro atoms. The SMILES string of the molecule is O=C(Cc1ccc([N+](=O)[O-])cc1)NCCNC(=O)c1nc(-c2cccc([N+](=O)[O-])c2)no1. The first-order valence-corrected chi connectivity index (χ1v) is 9.20. The Balaban J connectivity index is 1.45. The summed E-state index contributed by atoms with van der Waals surface area (Å²) < 4.78 is 4.89. The maximum Gasteiger partial charge on any atom is 0.316 e. The van der Waals surface area contributed by atoms with E-state index in [1.807, 2.05) is 0 Å². The molecule has 0 saturated heterocycles. The molecule has 0 fully saturated rings. The van der Waals surface area contributed by atoms with Crippen LogP contribution < -0.4 is 10.6 Å². The Bertz CT molecular complexity index is 1160. The smallest absolute Gasteiger partial charge is 0.316 e. The van der Waals surface area contributed by atoms with Crippen molar-refractivity contribution < 1.29 is 24.0 Å². The molecule has 0 radical (unpaired) electrons. The zero-order valence-corrected chi connectivity index (χ0v) is 16.4. The van der Waals surface area contributed by atoms with Crippen molar-refractivity contribution in [2.45, 2.75) is 6.42 Å². The van der Waals surface area contributed by atoms with E-state index in [0.29, 0.717) is 11.1 Å². The van der Waals surface area contributed by atoms with Crippen LogP contribution in [0, 0.1) is 20.2 Å². The number of nitrogens with zero attached hydrogens (tertiary/aromatic N) is 4. The van der Waals surface area contributed by atoms with Crippen molar-refractivity contribution in [3.05, 3.63) is 80.2 Å². The minimum Gasteiger partial charge on any atom is -0.354 e. The van der Waals surface area contributed by atoms with Crippen LogP contribution in [-0.4, -0.2) is 44.9 Å². The van der Waals surface area contributed by atoms with Crippen LogP contribution in [-0.2, 0) is 11.2 Å². The largest absolute Gasteiger partial charge is 0.354 e. The highest BCUT2D eigenvalue weighted by molar-refractivity contribution is 5.90. The molecule has 0 aliphatic carbocycles. The number of hydrogen-bond donors (Lipinski definition) is 2. The molecule has 32 heavy (non-hydrogen) atoms. The normalized spacial score (nSPS) is 10.4. The van der Waals surface area contributed by atoms with E-state index in [0.717, 1.165) is 0 Å². The molecule has 3 aromatic rings. The summed E-state index contributed by atoms with van der Waals surface area (Å²) >= 11 is 0. The number of carbonyl (C=O) groups is 2. The van der Waals surface area contributed by atoms with E-state index in [2.05, 4.69) is 20.8 Å². The molecule has 1 aromatic heterocycles. The number of hydrogen-bond acceptors (Lipinski definition) is 9. The van der Waals surface area contributed by atoms with Gasteiger partial charge in [-0.2, -0.15) is 4.98 Å². The van der Waals surface area contributed by atoms with E-state index in [9.17, 15) is 29.8 Å². The summed E-state index contributed by atoms with van der Waals surface area (Å²) in [5, 5.41) is 30.2. The number of rotatable bonds is 9. The molecule has 0 unspecified atom stereocenters. The third-order valence-corrected chi connectivity index (χ3v) is 4.18. The van der Waals surface area contributed by atoms with Crippen molar-refractivity contribution in [3.63, 3.8) is 0 Å². The van der Waals surface area contributed by atoms with Crippen molar-refractivity contribution in [1.82, 2.24) is 20.8 Å². The summed E-state index contributed by atoms with van der Waals surface area (Å²) in [6.45, 7) is 0.211. The fourth-order valence-corrected chi connectivity index (χ4v) is 2.63. The monoisotopic (exact) mass is 440 g/mol. The van der Waals surface area contributed by atoms with Gasteiger partial charge in [-0.3, -0.25) is 29.8 Å². The highest BCUT2D eigenvalue weighted by Crippen LogP contribution is 2.21. The summed E-state index contributed by atoms with van der Waals surface area (Å²) in [6.07, 6.45) is 0.0299. The number of benzene rings is 2. The Hall–Kier alpha value is -4.68. The summed E-state index contributed by atoms with van der Waals surface area (Å²) in [6, 6.07) is 11.2. The molecule has 0 saturated carbocycles. The van der Waals surface area contributed by atoms with Crippen LogP contribution in [0.1, 0.15) is 16.2 Å². The third-order valence-electron chi connectivity index (χ3n) is 4.18. The van der Waals surface area contributed by atoms with Crippen molar-refractivity contribution in [2.24, 2.45) is 0 Å². The van der Waals surface area contributed by atoms with Gasteiger partial charge in [-0.05, 0) is 5.56 Å². The second-order valence-electron chi connectivity index (χ2n) is 6.44. The first-order chi connectivity index (χ1) is 15.3. The minimum atomic E-state index is -0.668. The Morgan fingerprint density at radius 1 is 0.938 bits per heavy atom. The molecule has 0 aliphatic rings. The lowest BCUT2D eigenvalue weighted by atomic mass is 10.1. The summed E-state index contributed by atoms with van der Waals surface area (Å²) in [4.78, 5) is 48.4. The van der Waals surface area contributed by atoms with Crippen LogP contribution in [0.15, 0.2) is 53.1 Å². The average Bonchev–Trinajstić information content (AvgIpc) is 3.27. The van der Waals surface area contributed by atoms with Crippen LogP contribution >= 0.6 is 0 Å². The number of aromatic nitrogens is 2. The molecule has 0 atom stereocenters. The van der Waals surface area contributed by atoms with Crippen LogP contribution in [0.5, 0.6) is 0 Å². The second-order valence-corrected chi connectivity index (χ2v) is 6.44. The van der Waals surface area contributed by atoms with Gasteiger partial charge in [0.05, 0.1) is 16.3 Å². The number of amides is 2. The van der Waals surface area contributed by atoms with Crippen LogP contribution in [0.2, 0.25) is 0 Å². The highest BCUT2D eigenvalue weighted by Gasteiger charge is 2.17. The van der Waals surface area contributed by atoms with Gasteiger partial charge >= 0.3 is 11.8 Å². The van der Waals surface area contributed by atoms with E-state index in [1.165, 1.54) is 42.5 Å². The molecular formula is C19H16N6O7. The Morgan fingerprint density at radius 2 is 1.62 bits per heavy atom. The lowest BCUT2D eigenvalue weighted by Crippen LogP contribution is -2.35. The molecule has 3 rings (SSSR count). The molecule has 2 aromatic carbocycles. The molecule has 2 amide bonds. The Labute approximate surface area is 179 Å². The van der Waals surface area contributed by atoms with E-state index in [1.54, 1.807) is 6.07 Å². The molecule has 2 N–H and O–H groups in total. The standard InChI is InChI=1S/C19H16N6O7/c26-16(10-12-4-6-14(7-5-12)24(28)29)20-8-9-21-18(27)19-22-17(23-32-19)13-2-1-3-15(11-13)25(30)31/h1-7,11H,8-10H2,(H,20,26)(H,21,27). The topological polar surface area (TPSA) is 183 Å². The van der Waals surface area contributed by atoms with Crippen molar-refractivity contribution >= 4 is 23.2 Å². The number of non-ortho nitro benzene ring substituents is 2. The highest BCUT2D eigenvalue weighted by atomic mass is 16.6. The lowest BCUT2D eigenvalue weighted by molar-refractivity contribution is -0.385. The van der Waals surface area contributed by atoms with Gasteiger partial charge < -0.3 is 15.2 Å². The molecule has 1 heterocycles. The predicted octanol–water partition coefficient (Wildman–Crippen LogP) is 1.64. The lowest BCUT2D eigenvalue weighted by Gasteiger charge is -2.06. The van der Waals surface area contributed by atoms with Gasteiger partial charge in [0.2, 0.25) is 11.7 Å². The van der Waals surface area contributed by atoms with Crippen molar-refractivity contribution in [1.29, 1.82) is 0 Å². The number of nitrogens with one attached hydrogen (secondary N) is 2. The van der Waals surface area contributed by atoms with Gasteiger partial charge in [-0.1, -0.05) is 29.4 Å². The maximum absolute atomic E-state index is 12.1. The molecule has 13 nitrogen and oxygen atoms in total. The van der Waals surface area contributed by atoms with Crippen LogP contribution in [0.25, 0.3) is 11.4 Å². The number of nitro benzene ring substituents is 2. The summed E-state index contributed by atoms with van der Waals surface area (Å²) in [5.74, 6) is -1.29. The average molecular weight is 440 g/mol. The zero-order valence-electron chi connectivity index (χ0n) is 16.4. The van der Waals surface area contributed by atoms with Gasteiger partial charge in [-0.25, -0.2) is 0 Å². The van der Waals surface area contributed by atoms with E-state index >= 15 is 0 Å². The van der Waals surface area contributed by atoms with Crippen molar-refractivity contribution in [2.75, 3.05) is 13.1 Å². The van der Waals surface area contributed by atoms with Crippen molar-refractivity contribution in [3.8, 4) is 11.4 Å². The Kier molecular flexibility index (Phi) is 6.80. The van der Waals surface area contributed by atoms with Gasteiger partial charge in [-0.15, -0.1) is 0 Å². The van der Waals surface area contributed by atoms with Gasteiger partial charge in [0.25, 0.3) is 11.4 Å². The fraction of sp³-hybridized carbons (Fsp3) is 0.158. The van der Waals surface area contributed by atoms with Crippen LogP contribution in [0.3, 0.4) is 0 Å². The van der Waals surface area contributed by atoms with Gasteiger partial charge in [0.15, 0.2) is 0 Å². The third kappa shape index (κ3) is 5.69. The molecule has 164 valence electrons. The molecule has 0 aliphatic heterocycles.